The number of rotatable bonds is 8. The minimum Gasteiger partial charge on any atom is -0.380 e. The summed E-state index contributed by atoms with van der Waals surface area (Å²) < 4.78 is 19.5. The summed E-state index contributed by atoms with van der Waals surface area (Å²) in [6.07, 6.45) is 1.97. The molecule has 1 aliphatic heterocycles. The Hall–Kier alpha value is -1.95. The molecule has 0 spiro atoms. The molecule has 0 aliphatic carbocycles. The van der Waals surface area contributed by atoms with Gasteiger partial charge in [0.15, 0.2) is 6.23 Å². The highest BCUT2D eigenvalue weighted by Crippen LogP contribution is 2.28. The van der Waals surface area contributed by atoms with E-state index in [2.05, 4.69) is 29.2 Å². The molecule has 0 amide bonds. The fraction of sp³-hybridized carbons (Fsp3) is 0.455. The van der Waals surface area contributed by atoms with Crippen molar-refractivity contribution in [1.82, 2.24) is 4.90 Å². The number of halogens is 1. The van der Waals surface area contributed by atoms with Crippen molar-refractivity contribution >= 4 is 5.69 Å². The SMILES string of the molecule is COCC(O)N(c1ccccc1F)C1CCN(CCc2ccccc2)CC1. The van der Waals surface area contributed by atoms with E-state index >= 15 is 0 Å². The topological polar surface area (TPSA) is 35.9 Å². The molecule has 4 nitrogen and oxygen atoms in total. The van der Waals surface area contributed by atoms with Crippen molar-refractivity contribution in [3.8, 4) is 0 Å². The van der Waals surface area contributed by atoms with Crippen LogP contribution in [0.1, 0.15) is 18.4 Å². The van der Waals surface area contributed by atoms with E-state index in [1.54, 1.807) is 30.2 Å². The zero-order chi connectivity index (χ0) is 19.1. The maximum atomic E-state index is 14.4. The molecule has 1 N–H and O–H groups in total. The van der Waals surface area contributed by atoms with Crippen molar-refractivity contribution in [3.63, 3.8) is 0 Å². The van der Waals surface area contributed by atoms with Gasteiger partial charge in [-0.15, -0.1) is 0 Å². The maximum Gasteiger partial charge on any atom is 0.150 e. The molecule has 3 rings (SSSR count). The lowest BCUT2D eigenvalue weighted by Crippen LogP contribution is -2.51. The Balaban J connectivity index is 1.61. The molecule has 1 atom stereocenters. The van der Waals surface area contributed by atoms with Crippen LogP contribution in [0, 0.1) is 5.82 Å². The van der Waals surface area contributed by atoms with Crippen LogP contribution in [0.25, 0.3) is 0 Å². The Labute approximate surface area is 161 Å². The van der Waals surface area contributed by atoms with E-state index in [1.165, 1.54) is 11.6 Å². The van der Waals surface area contributed by atoms with Crippen molar-refractivity contribution in [1.29, 1.82) is 0 Å². The van der Waals surface area contributed by atoms with Crippen LogP contribution in [0.15, 0.2) is 54.6 Å². The second kappa shape index (κ2) is 9.83. The predicted octanol–water partition coefficient (Wildman–Crippen LogP) is 3.30. The first kappa shape index (κ1) is 19.8. The van der Waals surface area contributed by atoms with Crippen LogP contribution in [-0.4, -0.2) is 55.6 Å². The van der Waals surface area contributed by atoms with E-state index in [0.29, 0.717) is 5.69 Å². The summed E-state index contributed by atoms with van der Waals surface area (Å²) in [4.78, 5) is 4.25. The Morgan fingerprint density at radius 1 is 1.11 bits per heavy atom. The van der Waals surface area contributed by atoms with Gasteiger partial charge < -0.3 is 19.6 Å². The van der Waals surface area contributed by atoms with E-state index in [4.69, 9.17) is 4.74 Å². The molecule has 1 aliphatic rings. The second-order valence-electron chi connectivity index (χ2n) is 7.10. The summed E-state index contributed by atoms with van der Waals surface area (Å²) in [5.74, 6) is -0.306. The van der Waals surface area contributed by atoms with E-state index in [1.807, 2.05) is 6.07 Å². The first-order valence-electron chi connectivity index (χ1n) is 9.65. The van der Waals surface area contributed by atoms with Gasteiger partial charge in [-0.3, -0.25) is 0 Å². The number of piperidine rings is 1. The number of ether oxygens (including phenoxy) is 1. The molecular weight excluding hydrogens is 343 g/mol. The zero-order valence-corrected chi connectivity index (χ0v) is 15.9. The molecule has 0 saturated carbocycles. The molecule has 0 radical (unpaired) electrons. The number of aliphatic hydroxyl groups is 1. The number of hydrogen-bond acceptors (Lipinski definition) is 4. The van der Waals surface area contributed by atoms with Gasteiger partial charge in [-0.1, -0.05) is 42.5 Å². The first-order valence-corrected chi connectivity index (χ1v) is 9.65. The van der Waals surface area contributed by atoms with Crippen LogP contribution >= 0.6 is 0 Å². The molecule has 2 aromatic rings. The normalized spacial score (nSPS) is 17.0. The van der Waals surface area contributed by atoms with Crippen molar-refractivity contribution in [2.45, 2.75) is 31.5 Å². The summed E-state index contributed by atoms with van der Waals surface area (Å²) in [5, 5.41) is 10.6. The third kappa shape index (κ3) is 5.28. The van der Waals surface area contributed by atoms with Crippen LogP contribution in [-0.2, 0) is 11.2 Å². The van der Waals surface area contributed by atoms with Gasteiger partial charge in [0.2, 0.25) is 0 Å². The fourth-order valence-corrected chi connectivity index (χ4v) is 3.84. The van der Waals surface area contributed by atoms with Gasteiger partial charge in [-0.25, -0.2) is 4.39 Å². The third-order valence-corrected chi connectivity index (χ3v) is 5.28. The number of hydrogen-bond donors (Lipinski definition) is 1. The number of para-hydroxylation sites is 1. The summed E-state index contributed by atoms with van der Waals surface area (Å²) in [5.41, 5.74) is 1.80. The smallest absolute Gasteiger partial charge is 0.150 e. The summed E-state index contributed by atoms with van der Waals surface area (Å²) in [6.45, 7) is 3.07. The molecule has 2 aromatic carbocycles. The quantitative estimate of drug-likeness (QED) is 0.722. The molecule has 1 fully saturated rings. The van der Waals surface area contributed by atoms with Crippen molar-refractivity contribution < 1.29 is 14.2 Å². The van der Waals surface area contributed by atoms with E-state index in [0.717, 1.165) is 38.9 Å². The van der Waals surface area contributed by atoms with Gasteiger partial charge >= 0.3 is 0 Å². The van der Waals surface area contributed by atoms with Crippen LogP contribution in [0.2, 0.25) is 0 Å². The maximum absolute atomic E-state index is 14.4. The van der Waals surface area contributed by atoms with Crippen LogP contribution < -0.4 is 4.90 Å². The van der Waals surface area contributed by atoms with Gasteiger partial charge in [0.1, 0.15) is 5.82 Å². The number of likely N-dealkylation sites (tertiary alicyclic amines) is 1. The average Bonchev–Trinajstić information content (AvgIpc) is 2.70. The molecule has 0 bridgehead atoms. The zero-order valence-electron chi connectivity index (χ0n) is 15.9. The highest BCUT2D eigenvalue weighted by Gasteiger charge is 2.30. The minimum atomic E-state index is -0.854. The Bertz CT molecular complexity index is 690. The minimum absolute atomic E-state index is 0.0972. The predicted molar refractivity (Wildman–Crippen MR) is 106 cm³/mol. The van der Waals surface area contributed by atoms with Gasteiger partial charge in [0, 0.05) is 32.8 Å². The Kier molecular flexibility index (Phi) is 7.21. The average molecular weight is 372 g/mol. The van der Waals surface area contributed by atoms with E-state index in [9.17, 15) is 9.50 Å². The standard InChI is InChI=1S/C22H29FN2O2/c1-27-17-22(26)25(21-10-6-5-9-20(21)23)19-12-15-24(16-13-19)14-11-18-7-3-2-4-8-18/h2-10,19,22,26H,11-17H2,1H3. The highest BCUT2D eigenvalue weighted by molar-refractivity contribution is 5.49. The van der Waals surface area contributed by atoms with Gasteiger partial charge in [-0.2, -0.15) is 0 Å². The number of nitrogens with zero attached hydrogens (tertiary/aromatic N) is 2. The second-order valence-corrected chi connectivity index (χ2v) is 7.10. The summed E-state index contributed by atoms with van der Waals surface area (Å²) >= 11 is 0. The van der Waals surface area contributed by atoms with E-state index in [-0.39, 0.29) is 18.5 Å². The molecular formula is C22H29FN2O2. The van der Waals surface area contributed by atoms with Crippen molar-refractivity contribution in [2.24, 2.45) is 0 Å². The van der Waals surface area contributed by atoms with Gasteiger partial charge in [-0.05, 0) is 37.0 Å². The Morgan fingerprint density at radius 3 is 2.44 bits per heavy atom. The molecule has 1 unspecified atom stereocenters. The van der Waals surface area contributed by atoms with Crippen LogP contribution in [0.4, 0.5) is 10.1 Å². The Morgan fingerprint density at radius 2 is 1.78 bits per heavy atom. The largest absolute Gasteiger partial charge is 0.380 e. The van der Waals surface area contributed by atoms with Crippen molar-refractivity contribution in [2.75, 3.05) is 38.3 Å². The molecule has 146 valence electrons. The first-order chi connectivity index (χ1) is 13.2. The van der Waals surface area contributed by atoms with Crippen molar-refractivity contribution in [3.05, 3.63) is 66.0 Å². The molecule has 27 heavy (non-hydrogen) atoms. The lowest BCUT2D eigenvalue weighted by atomic mass is 10.0. The molecule has 1 heterocycles. The lowest BCUT2D eigenvalue weighted by molar-refractivity contribution is 0.0503. The number of anilines is 1. The molecule has 5 heteroatoms. The van der Waals surface area contributed by atoms with Gasteiger partial charge in [0.05, 0.1) is 12.3 Å². The number of aliphatic hydroxyl groups excluding tert-OH is 1. The summed E-state index contributed by atoms with van der Waals surface area (Å²) in [6, 6.07) is 17.3. The monoisotopic (exact) mass is 372 g/mol. The number of benzene rings is 2. The van der Waals surface area contributed by atoms with Gasteiger partial charge in [0.25, 0.3) is 0 Å². The number of methoxy groups -OCH3 is 1. The van der Waals surface area contributed by atoms with Crippen LogP contribution in [0.5, 0.6) is 0 Å². The third-order valence-electron chi connectivity index (χ3n) is 5.28. The fourth-order valence-electron chi connectivity index (χ4n) is 3.84. The summed E-state index contributed by atoms with van der Waals surface area (Å²) in [7, 11) is 1.55. The lowest BCUT2D eigenvalue weighted by Gasteiger charge is -2.42. The van der Waals surface area contributed by atoms with Crippen LogP contribution in [0.3, 0.4) is 0 Å². The highest BCUT2D eigenvalue weighted by atomic mass is 19.1. The molecule has 0 aromatic heterocycles. The van der Waals surface area contributed by atoms with E-state index < -0.39 is 6.23 Å². The molecule has 1 saturated heterocycles.